The summed E-state index contributed by atoms with van der Waals surface area (Å²) >= 11 is 5.53. The van der Waals surface area contributed by atoms with Crippen LogP contribution in [0.3, 0.4) is 0 Å². The summed E-state index contributed by atoms with van der Waals surface area (Å²) in [6.07, 6.45) is -4.63. The lowest BCUT2D eigenvalue weighted by Gasteiger charge is -2.12. The van der Waals surface area contributed by atoms with Crippen LogP contribution in [0.1, 0.15) is 5.56 Å². The molecule has 2 N–H and O–H groups in total. The molecule has 0 aliphatic heterocycles. The second kappa shape index (κ2) is 6.72. The molecule has 3 aromatic rings. The number of amides is 2. The van der Waals surface area contributed by atoms with Crippen molar-refractivity contribution in [1.29, 1.82) is 0 Å². The first-order valence-corrected chi connectivity index (χ1v) is 7.59. The first-order chi connectivity index (χ1) is 12.2. The maximum atomic E-state index is 12.8. The number of carbonyl (C=O) groups excluding carboxylic acids is 1. The van der Waals surface area contributed by atoms with Gasteiger partial charge in [0.2, 0.25) is 0 Å². The fourth-order valence-electron chi connectivity index (χ4n) is 2.26. The highest BCUT2D eigenvalue weighted by Crippen LogP contribution is 2.36. The number of urea groups is 1. The molecule has 9 heteroatoms. The van der Waals surface area contributed by atoms with E-state index < -0.39 is 28.4 Å². The molecule has 26 heavy (non-hydrogen) atoms. The molecule has 0 spiro atoms. The fraction of sp³-hybridized carbons (Fsp3) is 0.0588. The van der Waals surface area contributed by atoms with Crippen molar-refractivity contribution in [1.82, 2.24) is 0 Å². The fourth-order valence-corrected chi connectivity index (χ4v) is 2.49. The standard InChI is InChI=1S/C17H10ClF3N2O3/c18-13-4-2-11(8-12(13)17(19,20)21)23-16(25)22-10-3-5-14-9(7-10)1-6-15(24)26-14/h1-8H,(H2,22,23,25). The first kappa shape index (κ1) is 17.8. The number of hydrogen-bond acceptors (Lipinski definition) is 3. The van der Waals surface area contributed by atoms with Crippen LogP contribution in [-0.4, -0.2) is 6.03 Å². The van der Waals surface area contributed by atoms with Crippen LogP contribution in [0.15, 0.2) is 57.7 Å². The van der Waals surface area contributed by atoms with Gasteiger partial charge in [0.25, 0.3) is 0 Å². The van der Waals surface area contributed by atoms with Crippen LogP contribution in [0.25, 0.3) is 11.0 Å². The summed E-state index contributed by atoms with van der Waals surface area (Å²) in [7, 11) is 0. The van der Waals surface area contributed by atoms with E-state index in [1.54, 1.807) is 6.07 Å². The number of alkyl halides is 3. The Morgan fingerprint density at radius 2 is 1.62 bits per heavy atom. The van der Waals surface area contributed by atoms with Gasteiger partial charge in [-0.05, 0) is 42.5 Å². The van der Waals surface area contributed by atoms with Crippen molar-refractivity contribution in [2.45, 2.75) is 6.18 Å². The summed E-state index contributed by atoms with van der Waals surface area (Å²) in [6, 6.07) is 9.63. The molecule has 0 unspecified atom stereocenters. The van der Waals surface area contributed by atoms with Gasteiger partial charge in [0.15, 0.2) is 0 Å². The highest BCUT2D eigenvalue weighted by molar-refractivity contribution is 6.31. The summed E-state index contributed by atoms with van der Waals surface area (Å²) in [6.45, 7) is 0. The van der Waals surface area contributed by atoms with Gasteiger partial charge in [-0.1, -0.05) is 11.6 Å². The number of nitrogens with one attached hydrogen (secondary N) is 2. The number of carbonyl (C=O) groups is 1. The molecule has 0 bridgehead atoms. The van der Waals surface area contributed by atoms with Crippen molar-refractivity contribution >= 4 is 40.0 Å². The minimum atomic E-state index is -4.63. The Morgan fingerprint density at radius 3 is 2.31 bits per heavy atom. The zero-order valence-electron chi connectivity index (χ0n) is 12.9. The van der Waals surface area contributed by atoms with Crippen LogP contribution >= 0.6 is 11.6 Å². The van der Waals surface area contributed by atoms with E-state index in [-0.39, 0.29) is 5.69 Å². The maximum absolute atomic E-state index is 12.8. The molecule has 0 aliphatic rings. The Bertz CT molecular complexity index is 1050. The highest BCUT2D eigenvalue weighted by Gasteiger charge is 2.33. The molecule has 0 atom stereocenters. The lowest BCUT2D eigenvalue weighted by Crippen LogP contribution is -2.20. The molecular weight excluding hydrogens is 373 g/mol. The second-order valence-electron chi connectivity index (χ2n) is 5.28. The van der Waals surface area contributed by atoms with Crippen molar-refractivity contribution in [3.63, 3.8) is 0 Å². The Labute approximate surface area is 149 Å². The number of fused-ring (bicyclic) bond motifs is 1. The third kappa shape index (κ3) is 3.97. The number of benzene rings is 2. The van der Waals surface area contributed by atoms with Crippen molar-refractivity contribution in [2.24, 2.45) is 0 Å². The number of halogens is 4. The van der Waals surface area contributed by atoms with Crippen molar-refractivity contribution in [3.05, 3.63) is 69.5 Å². The molecule has 0 fully saturated rings. The van der Waals surface area contributed by atoms with Crippen LogP contribution < -0.4 is 16.3 Å². The molecule has 2 amide bonds. The molecule has 1 heterocycles. The topological polar surface area (TPSA) is 71.3 Å². The zero-order chi connectivity index (χ0) is 18.9. The summed E-state index contributed by atoms with van der Waals surface area (Å²) in [5, 5.41) is 4.91. The zero-order valence-corrected chi connectivity index (χ0v) is 13.6. The third-order valence-corrected chi connectivity index (χ3v) is 3.74. The van der Waals surface area contributed by atoms with Gasteiger partial charge in [-0.3, -0.25) is 0 Å². The number of rotatable bonds is 2. The molecule has 0 saturated carbocycles. The summed E-state index contributed by atoms with van der Waals surface area (Å²) in [4.78, 5) is 23.1. The minimum absolute atomic E-state index is 0.0639. The van der Waals surface area contributed by atoms with Crippen LogP contribution in [0.2, 0.25) is 5.02 Å². The van der Waals surface area contributed by atoms with Crippen LogP contribution in [-0.2, 0) is 6.18 Å². The van der Waals surface area contributed by atoms with Gasteiger partial charge >= 0.3 is 17.8 Å². The van der Waals surface area contributed by atoms with E-state index in [1.807, 2.05) is 0 Å². The van der Waals surface area contributed by atoms with E-state index in [0.717, 1.165) is 12.1 Å². The van der Waals surface area contributed by atoms with E-state index in [2.05, 4.69) is 10.6 Å². The molecule has 0 aliphatic carbocycles. The quantitative estimate of drug-likeness (QED) is 0.605. The minimum Gasteiger partial charge on any atom is -0.423 e. The molecule has 0 radical (unpaired) electrons. The van der Waals surface area contributed by atoms with E-state index in [1.165, 1.54) is 30.3 Å². The molecule has 3 rings (SSSR count). The second-order valence-corrected chi connectivity index (χ2v) is 5.69. The van der Waals surface area contributed by atoms with Crippen molar-refractivity contribution in [2.75, 3.05) is 10.6 Å². The summed E-state index contributed by atoms with van der Waals surface area (Å²) in [5.41, 5.74) is -0.896. The van der Waals surface area contributed by atoms with Crippen molar-refractivity contribution in [3.8, 4) is 0 Å². The van der Waals surface area contributed by atoms with Crippen LogP contribution in [0, 0.1) is 0 Å². The number of anilines is 2. The molecule has 0 saturated heterocycles. The maximum Gasteiger partial charge on any atom is 0.417 e. The Hall–Kier alpha value is -3.00. The van der Waals surface area contributed by atoms with Crippen LogP contribution in [0.5, 0.6) is 0 Å². The number of hydrogen-bond donors (Lipinski definition) is 2. The molecule has 134 valence electrons. The SMILES string of the molecule is O=C(Nc1ccc(Cl)c(C(F)(F)F)c1)Nc1ccc2oc(=O)ccc2c1. The van der Waals surface area contributed by atoms with E-state index in [4.69, 9.17) is 16.0 Å². The predicted molar refractivity (Wildman–Crippen MR) is 91.6 cm³/mol. The summed E-state index contributed by atoms with van der Waals surface area (Å²) in [5.74, 6) is 0. The Morgan fingerprint density at radius 1 is 0.962 bits per heavy atom. The normalized spacial score (nSPS) is 11.4. The molecule has 1 aromatic heterocycles. The van der Waals surface area contributed by atoms with Crippen LogP contribution in [0.4, 0.5) is 29.3 Å². The Balaban J connectivity index is 1.77. The molecule has 5 nitrogen and oxygen atoms in total. The lowest BCUT2D eigenvalue weighted by molar-refractivity contribution is -0.137. The lowest BCUT2D eigenvalue weighted by atomic mass is 10.2. The van der Waals surface area contributed by atoms with E-state index in [9.17, 15) is 22.8 Å². The predicted octanol–water partition coefficient (Wildman–Crippen LogP) is 5.11. The monoisotopic (exact) mass is 382 g/mol. The van der Waals surface area contributed by atoms with Gasteiger partial charge < -0.3 is 15.1 Å². The van der Waals surface area contributed by atoms with Gasteiger partial charge in [-0.15, -0.1) is 0 Å². The van der Waals surface area contributed by atoms with Gasteiger partial charge in [-0.2, -0.15) is 13.2 Å². The van der Waals surface area contributed by atoms with Gasteiger partial charge in [-0.25, -0.2) is 9.59 Å². The third-order valence-electron chi connectivity index (χ3n) is 3.41. The van der Waals surface area contributed by atoms with Gasteiger partial charge in [0.05, 0.1) is 10.6 Å². The Kier molecular flexibility index (Phi) is 4.60. The molecule has 2 aromatic carbocycles. The van der Waals surface area contributed by atoms with Crippen molar-refractivity contribution < 1.29 is 22.4 Å². The van der Waals surface area contributed by atoms with Gasteiger partial charge in [0, 0.05) is 22.8 Å². The largest absolute Gasteiger partial charge is 0.423 e. The first-order valence-electron chi connectivity index (χ1n) is 7.21. The van der Waals surface area contributed by atoms with E-state index >= 15 is 0 Å². The highest BCUT2D eigenvalue weighted by atomic mass is 35.5. The van der Waals surface area contributed by atoms with E-state index in [0.29, 0.717) is 16.7 Å². The average Bonchev–Trinajstić information content (AvgIpc) is 2.55. The van der Waals surface area contributed by atoms with Gasteiger partial charge in [0.1, 0.15) is 5.58 Å². The summed E-state index contributed by atoms with van der Waals surface area (Å²) < 4.78 is 43.5. The molecular formula is C17H10ClF3N2O3. The average molecular weight is 383 g/mol. The smallest absolute Gasteiger partial charge is 0.417 e.